The molecule has 0 radical (unpaired) electrons. The predicted octanol–water partition coefficient (Wildman–Crippen LogP) is 20.6. The van der Waals surface area contributed by atoms with E-state index in [1.54, 1.807) is 0 Å². The van der Waals surface area contributed by atoms with Crippen LogP contribution in [0.1, 0.15) is 128 Å². The molecule has 1 aliphatic rings. The van der Waals surface area contributed by atoms with Crippen LogP contribution in [-0.4, -0.2) is 16.2 Å². The minimum Gasteiger partial charge on any atom is -0.457 e. The Balaban J connectivity index is 1.13. The molecule has 3 heterocycles. The summed E-state index contributed by atoms with van der Waals surface area (Å²) in [5, 5.41) is 2.22. The van der Waals surface area contributed by atoms with Crippen LogP contribution in [0.5, 0.6) is 11.5 Å². The van der Waals surface area contributed by atoms with E-state index >= 15 is 8.78 Å². The smallest absolute Gasteiger partial charge is 0.137 e. The molecule has 80 heavy (non-hydrogen) atoms. The molecule has 5 nitrogen and oxygen atoms in total. The molecular weight excluding hydrogens is 994 g/mol. The zero-order valence-corrected chi connectivity index (χ0v) is 48.2. The van der Waals surface area contributed by atoms with Crippen molar-refractivity contribution >= 4 is 44.6 Å². The van der Waals surface area contributed by atoms with Crippen LogP contribution in [0.4, 0.5) is 35.9 Å². The summed E-state index contributed by atoms with van der Waals surface area (Å²) in [6, 6.07) is 52.7. The molecule has 2 aromatic heterocycles. The van der Waals surface area contributed by atoms with Crippen LogP contribution >= 0.6 is 0 Å². The van der Waals surface area contributed by atoms with Crippen molar-refractivity contribution in [2.24, 2.45) is 0 Å². The molecular formula is C72H71F3N4O. The summed E-state index contributed by atoms with van der Waals surface area (Å²) in [6.45, 7) is 26.4. The SMILES string of the molecule is CCc1cccc(CC)c1-c1cc(Oc2ccc3c4ccccc4n(-c4cc(C(C)(C)C)ccn4)c3c2)cc(N2CN(c3c(-c4cc(C(C)C)cc(C(C)C)c4)cc(C(C)(C)C)cc3-c3c(F)cc(F)cc3F)c3ccccc32)c1. The third-order valence-electron chi connectivity index (χ3n) is 16.1. The predicted molar refractivity (Wildman–Crippen MR) is 328 cm³/mol. The van der Waals surface area contributed by atoms with E-state index in [1.165, 1.54) is 22.3 Å². The highest BCUT2D eigenvalue weighted by Gasteiger charge is 2.35. The number of halogens is 3. The quantitative estimate of drug-likeness (QED) is 0.122. The Bertz CT molecular complexity index is 3950. The number of fused-ring (bicyclic) bond motifs is 4. The van der Waals surface area contributed by atoms with Crippen LogP contribution in [0.2, 0.25) is 0 Å². The normalized spacial score (nSPS) is 12.9. The van der Waals surface area contributed by atoms with Gasteiger partial charge in [0.05, 0.1) is 33.7 Å². The second-order valence-corrected chi connectivity index (χ2v) is 24.3. The molecule has 8 heteroatoms. The van der Waals surface area contributed by atoms with Gasteiger partial charge in [-0.3, -0.25) is 4.57 Å². The Labute approximate surface area is 470 Å². The molecule has 0 bridgehead atoms. The molecule has 0 aliphatic carbocycles. The molecule has 0 amide bonds. The number of hydrogen-bond acceptors (Lipinski definition) is 4. The Morgan fingerprint density at radius 2 is 1.14 bits per heavy atom. The van der Waals surface area contributed by atoms with Gasteiger partial charge in [0.25, 0.3) is 0 Å². The first-order chi connectivity index (χ1) is 38.2. The molecule has 1 aliphatic heterocycles. The van der Waals surface area contributed by atoms with Crippen molar-refractivity contribution in [3.8, 4) is 50.7 Å². The summed E-state index contributed by atoms with van der Waals surface area (Å²) < 4.78 is 57.9. The first-order valence-electron chi connectivity index (χ1n) is 28.3. The van der Waals surface area contributed by atoms with Gasteiger partial charge >= 0.3 is 0 Å². The Hall–Kier alpha value is -8.10. The number of anilines is 4. The van der Waals surface area contributed by atoms with E-state index in [0.29, 0.717) is 22.7 Å². The van der Waals surface area contributed by atoms with Crippen LogP contribution in [0.3, 0.4) is 0 Å². The van der Waals surface area contributed by atoms with Crippen molar-refractivity contribution in [1.29, 1.82) is 0 Å². The lowest BCUT2D eigenvalue weighted by Crippen LogP contribution is -2.25. The minimum absolute atomic E-state index is 0.0782. The maximum Gasteiger partial charge on any atom is 0.137 e. The van der Waals surface area contributed by atoms with Gasteiger partial charge in [-0.15, -0.1) is 0 Å². The summed E-state index contributed by atoms with van der Waals surface area (Å²) in [4.78, 5) is 9.40. The monoisotopic (exact) mass is 1060 g/mol. The first kappa shape index (κ1) is 53.9. The van der Waals surface area contributed by atoms with Crippen LogP contribution in [0.25, 0.3) is 61.0 Å². The van der Waals surface area contributed by atoms with Crippen molar-refractivity contribution in [2.75, 3.05) is 16.5 Å². The van der Waals surface area contributed by atoms with E-state index in [-0.39, 0.29) is 29.5 Å². The topological polar surface area (TPSA) is 33.5 Å². The Morgan fingerprint density at radius 3 is 1.77 bits per heavy atom. The largest absolute Gasteiger partial charge is 0.457 e. The highest BCUT2D eigenvalue weighted by molar-refractivity contribution is 6.09. The molecule has 0 unspecified atom stereocenters. The first-order valence-corrected chi connectivity index (χ1v) is 28.3. The number of aromatic nitrogens is 2. The molecule has 406 valence electrons. The number of rotatable bonds is 12. The van der Waals surface area contributed by atoms with Crippen molar-refractivity contribution in [3.05, 3.63) is 215 Å². The molecule has 8 aromatic carbocycles. The van der Waals surface area contributed by atoms with Crippen LogP contribution in [0, 0.1) is 17.5 Å². The molecule has 0 saturated heterocycles. The van der Waals surface area contributed by atoms with E-state index in [4.69, 9.17) is 9.72 Å². The average molecular weight is 1070 g/mol. The summed E-state index contributed by atoms with van der Waals surface area (Å²) in [7, 11) is 0. The maximum atomic E-state index is 16.7. The van der Waals surface area contributed by atoms with Gasteiger partial charge in [0.15, 0.2) is 0 Å². The van der Waals surface area contributed by atoms with Gasteiger partial charge in [-0.05, 0) is 152 Å². The number of hydrogen-bond donors (Lipinski definition) is 0. The molecule has 0 saturated carbocycles. The molecule has 0 atom stereocenters. The third kappa shape index (κ3) is 9.92. The molecule has 10 aromatic rings. The standard InChI is InChI=1S/C72H71F3N4O/c1-13-45-20-19-21-46(14-2)68(45)50-33-54(40-56(34-50)80-55-26-27-58-57-22-15-16-23-63(57)79(66(58)41-55)67-37-51(28-29-76-67)71(7,8)9)77-42-78(65-25-18-17-24-64(65)77)70-59(49-31-47(43(3)4)30-48(32-49)44(5)6)35-52(72(10,11)12)36-60(70)69-61(74)38-53(73)39-62(69)75/h15-41,43-44H,13-14,42H2,1-12H3. The van der Waals surface area contributed by atoms with Gasteiger partial charge in [0, 0.05) is 58.0 Å². The number of nitrogens with zero attached hydrogens (tertiary/aromatic N) is 4. The van der Waals surface area contributed by atoms with E-state index in [0.717, 1.165) is 103 Å². The highest BCUT2D eigenvalue weighted by Crippen LogP contribution is 2.53. The summed E-state index contributed by atoms with van der Waals surface area (Å²) in [6.07, 6.45) is 3.56. The summed E-state index contributed by atoms with van der Waals surface area (Å²) >= 11 is 0. The van der Waals surface area contributed by atoms with Gasteiger partial charge in [0.2, 0.25) is 0 Å². The summed E-state index contributed by atoms with van der Waals surface area (Å²) in [5.74, 6) is -0.333. The Morgan fingerprint density at radius 1 is 0.525 bits per heavy atom. The lowest BCUT2D eigenvalue weighted by atomic mass is 9.81. The minimum atomic E-state index is -0.972. The number of benzene rings is 8. The maximum absolute atomic E-state index is 16.7. The highest BCUT2D eigenvalue weighted by atomic mass is 19.1. The van der Waals surface area contributed by atoms with Crippen LogP contribution < -0.4 is 14.5 Å². The number of pyridine rings is 1. The molecule has 0 N–H and O–H groups in total. The van der Waals surface area contributed by atoms with E-state index in [2.05, 4.69) is 219 Å². The van der Waals surface area contributed by atoms with Gasteiger partial charge in [-0.25, -0.2) is 18.2 Å². The fourth-order valence-electron chi connectivity index (χ4n) is 11.7. The van der Waals surface area contributed by atoms with Gasteiger partial charge in [-0.1, -0.05) is 150 Å². The number of ether oxygens (including phenoxy) is 1. The third-order valence-corrected chi connectivity index (χ3v) is 16.1. The Kier molecular flexibility index (Phi) is 14.0. The zero-order chi connectivity index (χ0) is 56.5. The molecule has 0 spiro atoms. The van der Waals surface area contributed by atoms with E-state index < -0.39 is 22.9 Å². The summed E-state index contributed by atoms with van der Waals surface area (Å²) in [5.41, 5.74) is 15.7. The van der Waals surface area contributed by atoms with Gasteiger partial charge in [-0.2, -0.15) is 0 Å². The fraction of sp³-hybridized carbons (Fsp3) is 0.264. The number of aryl methyl sites for hydroxylation is 2. The lowest BCUT2D eigenvalue weighted by Gasteiger charge is -2.31. The van der Waals surface area contributed by atoms with Crippen molar-refractivity contribution in [3.63, 3.8) is 0 Å². The molecule has 11 rings (SSSR count). The van der Waals surface area contributed by atoms with Crippen molar-refractivity contribution in [1.82, 2.24) is 9.55 Å². The van der Waals surface area contributed by atoms with Crippen molar-refractivity contribution < 1.29 is 17.9 Å². The average Bonchev–Trinajstić information content (AvgIpc) is 4.17. The van der Waals surface area contributed by atoms with E-state index in [1.807, 2.05) is 30.5 Å². The fourth-order valence-corrected chi connectivity index (χ4v) is 11.7. The molecule has 0 fully saturated rings. The second kappa shape index (κ2) is 20.8. The second-order valence-electron chi connectivity index (χ2n) is 24.3. The van der Waals surface area contributed by atoms with Gasteiger partial charge < -0.3 is 14.5 Å². The van der Waals surface area contributed by atoms with Gasteiger partial charge in [0.1, 0.15) is 41.4 Å². The van der Waals surface area contributed by atoms with E-state index in [9.17, 15) is 4.39 Å². The van der Waals surface area contributed by atoms with Crippen LogP contribution in [-0.2, 0) is 23.7 Å². The van der Waals surface area contributed by atoms with Crippen molar-refractivity contribution in [2.45, 2.75) is 119 Å². The zero-order valence-electron chi connectivity index (χ0n) is 48.2. The van der Waals surface area contributed by atoms with Crippen LogP contribution in [0.15, 0.2) is 164 Å². The number of para-hydroxylation sites is 3. The lowest BCUT2D eigenvalue weighted by molar-refractivity contribution is 0.483.